The van der Waals surface area contributed by atoms with Gasteiger partial charge in [-0.2, -0.15) is 5.10 Å². The lowest BCUT2D eigenvalue weighted by atomic mass is 10.1. The van der Waals surface area contributed by atoms with Crippen molar-refractivity contribution in [3.8, 4) is 11.1 Å². The minimum atomic E-state index is -2.87. The predicted molar refractivity (Wildman–Crippen MR) is 77.7 cm³/mol. The molecule has 1 aromatic carbocycles. The van der Waals surface area contributed by atoms with Crippen LogP contribution in [-0.2, 0) is 9.84 Å². The van der Waals surface area contributed by atoms with E-state index < -0.39 is 9.84 Å². The molecule has 2 aromatic rings. The molecule has 1 atom stereocenters. The highest BCUT2D eigenvalue weighted by Gasteiger charge is 2.29. The third-order valence-electron chi connectivity index (χ3n) is 3.36. The summed E-state index contributed by atoms with van der Waals surface area (Å²) in [4.78, 5) is 0. The highest BCUT2D eigenvalue weighted by Crippen LogP contribution is 2.26. The maximum absolute atomic E-state index is 11.5. The predicted octanol–water partition coefficient (Wildman–Crippen LogP) is 2.67. The Morgan fingerprint density at radius 2 is 1.95 bits per heavy atom. The van der Waals surface area contributed by atoms with Gasteiger partial charge < -0.3 is 0 Å². The van der Waals surface area contributed by atoms with Gasteiger partial charge in [0.05, 0.1) is 23.7 Å². The summed E-state index contributed by atoms with van der Waals surface area (Å²) in [6.45, 7) is 0. The highest BCUT2D eigenvalue weighted by molar-refractivity contribution is 9.10. The van der Waals surface area contributed by atoms with E-state index in [2.05, 4.69) is 21.0 Å². The molecule has 19 heavy (non-hydrogen) atoms. The van der Waals surface area contributed by atoms with Crippen LogP contribution in [0.5, 0.6) is 0 Å². The van der Waals surface area contributed by atoms with Crippen LogP contribution in [0.4, 0.5) is 0 Å². The van der Waals surface area contributed by atoms with E-state index in [4.69, 9.17) is 0 Å². The van der Waals surface area contributed by atoms with E-state index in [0.29, 0.717) is 6.42 Å². The molecule has 0 aliphatic carbocycles. The van der Waals surface area contributed by atoms with Crippen LogP contribution in [0.1, 0.15) is 12.5 Å². The van der Waals surface area contributed by atoms with Crippen LogP contribution < -0.4 is 0 Å². The summed E-state index contributed by atoms with van der Waals surface area (Å²) in [5, 5.41) is 4.30. The Kier molecular flexibility index (Phi) is 3.22. The lowest BCUT2D eigenvalue weighted by molar-refractivity contribution is 0.500. The van der Waals surface area contributed by atoms with Crippen LogP contribution in [0.25, 0.3) is 11.1 Å². The maximum Gasteiger partial charge on any atom is 0.152 e. The molecule has 1 aliphatic heterocycles. The molecular formula is C13H13BrN2O2S. The third-order valence-corrected chi connectivity index (χ3v) is 5.64. The summed E-state index contributed by atoms with van der Waals surface area (Å²) in [6.07, 6.45) is 4.37. The second-order valence-corrected chi connectivity index (χ2v) is 7.92. The first-order valence-electron chi connectivity index (χ1n) is 6.04. The number of rotatable bonds is 2. The fourth-order valence-electron chi connectivity index (χ4n) is 2.31. The zero-order valence-electron chi connectivity index (χ0n) is 10.2. The molecule has 1 aromatic heterocycles. The molecule has 6 heteroatoms. The van der Waals surface area contributed by atoms with Crippen molar-refractivity contribution in [2.24, 2.45) is 0 Å². The molecule has 2 heterocycles. The van der Waals surface area contributed by atoms with Crippen molar-refractivity contribution in [1.29, 1.82) is 0 Å². The average Bonchev–Trinajstić information content (AvgIpc) is 2.96. The van der Waals surface area contributed by atoms with Gasteiger partial charge in [0.15, 0.2) is 9.84 Å². The van der Waals surface area contributed by atoms with E-state index in [9.17, 15) is 8.42 Å². The van der Waals surface area contributed by atoms with E-state index in [1.807, 2.05) is 30.5 Å². The quantitative estimate of drug-likeness (QED) is 0.844. The smallest absolute Gasteiger partial charge is 0.152 e. The first kappa shape index (κ1) is 12.9. The molecule has 0 bridgehead atoms. The van der Waals surface area contributed by atoms with Gasteiger partial charge >= 0.3 is 0 Å². The maximum atomic E-state index is 11.5. The average molecular weight is 341 g/mol. The summed E-state index contributed by atoms with van der Waals surface area (Å²) in [7, 11) is -2.87. The summed E-state index contributed by atoms with van der Waals surface area (Å²) in [5.74, 6) is 0.472. The largest absolute Gasteiger partial charge is 0.268 e. The zero-order valence-corrected chi connectivity index (χ0v) is 12.6. The Morgan fingerprint density at radius 1 is 1.21 bits per heavy atom. The van der Waals surface area contributed by atoms with E-state index in [1.165, 1.54) is 0 Å². The summed E-state index contributed by atoms with van der Waals surface area (Å²) in [6, 6.07) is 7.96. The fraction of sp³-hybridized carbons (Fsp3) is 0.308. The topological polar surface area (TPSA) is 52.0 Å². The zero-order chi connectivity index (χ0) is 13.5. The summed E-state index contributed by atoms with van der Waals surface area (Å²) in [5.41, 5.74) is 2.09. The van der Waals surface area contributed by atoms with Crippen LogP contribution in [0.2, 0.25) is 0 Å². The van der Waals surface area contributed by atoms with Crippen LogP contribution in [0.3, 0.4) is 0 Å². The first-order chi connectivity index (χ1) is 9.03. The Balaban J connectivity index is 1.86. The fourth-order valence-corrected chi connectivity index (χ4v) is 4.28. The van der Waals surface area contributed by atoms with Crippen molar-refractivity contribution in [2.75, 3.05) is 11.5 Å². The standard InChI is InChI=1S/C13H13BrN2O2S/c14-12-3-1-10(2-4-12)11-7-15-16(8-11)13-5-6-19(17,18)9-13/h1-4,7-8,13H,5-6,9H2. The van der Waals surface area contributed by atoms with Crippen molar-refractivity contribution in [3.63, 3.8) is 0 Å². The Bertz CT molecular complexity index is 692. The normalized spacial score (nSPS) is 21.6. The summed E-state index contributed by atoms with van der Waals surface area (Å²) < 4.78 is 25.8. The van der Waals surface area contributed by atoms with Gasteiger partial charge in [-0.25, -0.2) is 8.42 Å². The van der Waals surface area contributed by atoms with Gasteiger partial charge in [0.2, 0.25) is 0 Å². The molecule has 0 amide bonds. The van der Waals surface area contributed by atoms with Gasteiger partial charge in [0, 0.05) is 16.2 Å². The van der Waals surface area contributed by atoms with Crippen LogP contribution >= 0.6 is 15.9 Å². The van der Waals surface area contributed by atoms with Gasteiger partial charge in [-0.05, 0) is 24.1 Å². The SMILES string of the molecule is O=S1(=O)CCC(n2cc(-c3ccc(Br)cc3)cn2)C1. The van der Waals surface area contributed by atoms with Crippen LogP contribution in [0, 0.1) is 0 Å². The number of halogens is 1. The second-order valence-electron chi connectivity index (χ2n) is 4.77. The molecule has 3 rings (SSSR count). The van der Waals surface area contributed by atoms with E-state index >= 15 is 0 Å². The lowest BCUT2D eigenvalue weighted by Crippen LogP contribution is -2.11. The molecule has 1 unspecified atom stereocenters. The van der Waals surface area contributed by atoms with E-state index in [1.54, 1.807) is 10.9 Å². The molecule has 0 saturated carbocycles. The second kappa shape index (κ2) is 4.76. The number of nitrogens with zero attached hydrogens (tertiary/aromatic N) is 2. The van der Waals surface area contributed by atoms with Crippen LogP contribution in [0.15, 0.2) is 41.1 Å². The lowest BCUT2D eigenvalue weighted by Gasteiger charge is -2.07. The van der Waals surface area contributed by atoms with Gasteiger partial charge in [-0.3, -0.25) is 4.68 Å². The molecule has 0 N–H and O–H groups in total. The number of sulfone groups is 1. The van der Waals surface area contributed by atoms with Gasteiger partial charge in [0.1, 0.15) is 0 Å². The molecule has 100 valence electrons. The van der Waals surface area contributed by atoms with Crippen LogP contribution in [-0.4, -0.2) is 29.7 Å². The minimum Gasteiger partial charge on any atom is -0.268 e. The van der Waals surface area contributed by atoms with Gasteiger partial charge in [-0.15, -0.1) is 0 Å². The Labute approximate surface area is 120 Å². The monoisotopic (exact) mass is 340 g/mol. The number of hydrogen-bond acceptors (Lipinski definition) is 3. The molecule has 1 aliphatic rings. The Morgan fingerprint density at radius 3 is 2.58 bits per heavy atom. The molecular weight excluding hydrogens is 328 g/mol. The van der Waals surface area contributed by atoms with Gasteiger partial charge in [0.25, 0.3) is 0 Å². The van der Waals surface area contributed by atoms with Gasteiger partial charge in [-0.1, -0.05) is 28.1 Å². The molecule has 0 radical (unpaired) electrons. The molecule has 1 saturated heterocycles. The van der Waals surface area contributed by atoms with Crippen molar-refractivity contribution in [1.82, 2.24) is 9.78 Å². The number of aromatic nitrogens is 2. The van der Waals surface area contributed by atoms with Crippen molar-refractivity contribution in [3.05, 3.63) is 41.1 Å². The molecule has 0 spiro atoms. The van der Waals surface area contributed by atoms with E-state index in [0.717, 1.165) is 15.6 Å². The number of hydrogen-bond donors (Lipinski definition) is 0. The van der Waals surface area contributed by atoms with Crippen molar-refractivity contribution in [2.45, 2.75) is 12.5 Å². The third kappa shape index (κ3) is 2.74. The molecule has 4 nitrogen and oxygen atoms in total. The first-order valence-corrected chi connectivity index (χ1v) is 8.65. The van der Waals surface area contributed by atoms with Crippen molar-refractivity contribution >= 4 is 25.8 Å². The number of benzene rings is 1. The Hall–Kier alpha value is -1.14. The highest BCUT2D eigenvalue weighted by atomic mass is 79.9. The summed E-state index contributed by atoms with van der Waals surface area (Å²) >= 11 is 3.40. The van der Waals surface area contributed by atoms with E-state index in [-0.39, 0.29) is 17.5 Å². The molecule has 1 fully saturated rings. The minimum absolute atomic E-state index is 0.0193. The van der Waals surface area contributed by atoms with Crippen molar-refractivity contribution < 1.29 is 8.42 Å².